The largest absolute Gasteiger partial charge is 0.414 e. The Hall–Kier alpha value is -0.186. The number of hydrogen-bond acceptors (Lipinski definition) is 5. The van der Waals surface area contributed by atoms with Crippen LogP contribution >= 0.6 is 11.8 Å². The minimum absolute atomic E-state index is 0.00220. The van der Waals surface area contributed by atoms with E-state index < -0.39 is 22.2 Å². The summed E-state index contributed by atoms with van der Waals surface area (Å²) in [7, 11) is -4.01. The van der Waals surface area contributed by atoms with Gasteiger partial charge in [-0.15, -0.1) is 0 Å². The first-order chi connectivity index (χ1) is 20.7. The van der Waals surface area contributed by atoms with Gasteiger partial charge in [0.1, 0.15) is 5.78 Å². The van der Waals surface area contributed by atoms with Crippen molar-refractivity contribution >= 4 is 34.2 Å². The summed E-state index contributed by atoms with van der Waals surface area (Å²) in [6, 6.07) is 0. The topological polar surface area (TPSA) is 55.8 Å². The summed E-state index contributed by atoms with van der Waals surface area (Å²) >= 11 is 1.95. The lowest BCUT2D eigenvalue weighted by molar-refractivity contribution is -0.122. The number of aliphatic hydroxyl groups is 1. The predicted molar refractivity (Wildman–Crippen MR) is 203 cm³/mol. The van der Waals surface area contributed by atoms with Crippen LogP contribution in [-0.2, 0) is 13.6 Å². The maximum atomic E-state index is 13.9. The second-order valence-corrected chi connectivity index (χ2v) is 30.7. The second-order valence-electron chi connectivity index (χ2n) is 19.7. The van der Waals surface area contributed by atoms with Crippen LogP contribution in [0.25, 0.3) is 0 Å². The van der Waals surface area contributed by atoms with Crippen molar-refractivity contribution in [2.24, 2.45) is 28.6 Å². The Morgan fingerprint density at radius 3 is 2.09 bits per heavy atom. The summed E-state index contributed by atoms with van der Waals surface area (Å²) in [5.41, 5.74) is 2.35. The summed E-state index contributed by atoms with van der Waals surface area (Å²) in [6.45, 7) is 34.7. The molecule has 4 nitrogen and oxygen atoms in total. The van der Waals surface area contributed by atoms with E-state index >= 15 is 0 Å². The maximum absolute atomic E-state index is 13.9. The number of carbonyl (C=O) groups is 1. The van der Waals surface area contributed by atoms with Gasteiger partial charge in [-0.25, -0.2) is 0 Å². The van der Waals surface area contributed by atoms with Gasteiger partial charge in [0.2, 0.25) is 0 Å². The van der Waals surface area contributed by atoms with Crippen LogP contribution in [0.3, 0.4) is 0 Å². The van der Waals surface area contributed by atoms with Crippen molar-refractivity contribution in [2.45, 2.75) is 180 Å². The molecular formula is C39H70O4SSi2. The minimum atomic E-state index is -2.07. The minimum Gasteiger partial charge on any atom is -0.414 e. The van der Waals surface area contributed by atoms with Crippen molar-refractivity contribution in [3.05, 3.63) is 23.3 Å². The highest BCUT2D eigenvalue weighted by Gasteiger charge is 2.62. The van der Waals surface area contributed by atoms with Gasteiger partial charge in [0.25, 0.3) is 0 Å². The molecule has 0 heterocycles. The van der Waals surface area contributed by atoms with Crippen LogP contribution in [-0.4, -0.2) is 56.3 Å². The molecule has 8 atom stereocenters. The zero-order valence-corrected chi connectivity index (χ0v) is 35.2. The monoisotopic (exact) mass is 690 g/mol. The van der Waals surface area contributed by atoms with Crippen molar-refractivity contribution < 1.29 is 18.8 Å². The van der Waals surface area contributed by atoms with Gasteiger partial charge in [0.05, 0.1) is 17.8 Å². The van der Waals surface area contributed by atoms with Gasteiger partial charge in [-0.05, 0) is 112 Å². The number of fused-ring (bicyclic) bond motifs is 5. The van der Waals surface area contributed by atoms with Gasteiger partial charge in [-0.2, -0.15) is 11.8 Å². The Kier molecular flexibility index (Phi) is 10.8. The van der Waals surface area contributed by atoms with E-state index in [-0.39, 0.29) is 39.0 Å². The third-order valence-electron chi connectivity index (χ3n) is 13.8. The van der Waals surface area contributed by atoms with Crippen LogP contribution in [0.5, 0.6) is 0 Å². The molecule has 1 N–H and O–H groups in total. The Balaban J connectivity index is 1.66. The molecule has 3 fully saturated rings. The number of hydrogen-bond donors (Lipinski definition) is 1. The average molecular weight is 691 g/mol. The number of Topliss-reactive ketones (excluding diaryl/α,β-unsaturated/α-hetero) is 1. The van der Waals surface area contributed by atoms with E-state index in [1.165, 1.54) is 11.1 Å². The van der Waals surface area contributed by atoms with E-state index in [0.29, 0.717) is 29.3 Å². The van der Waals surface area contributed by atoms with Crippen LogP contribution in [0.15, 0.2) is 23.3 Å². The molecule has 7 heteroatoms. The number of allylic oxidation sites excluding steroid dienone is 3. The van der Waals surface area contributed by atoms with E-state index in [0.717, 1.165) is 44.3 Å². The third kappa shape index (κ3) is 7.31. The Labute approximate surface area is 290 Å². The Morgan fingerprint density at radius 1 is 0.935 bits per heavy atom. The molecule has 0 aromatic carbocycles. The molecule has 0 amide bonds. The summed E-state index contributed by atoms with van der Waals surface area (Å²) in [4.78, 5) is 13.9. The quantitative estimate of drug-likeness (QED) is 0.183. The van der Waals surface area contributed by atoms with Crippen molar-refractivity contribution in [3.8, 4) is 0 Å². The molecule has 4 aliphatic rings. The third-order valence-corrected chi connectivity index (χ3v) is 24.2. The average Bonchev–Trinajstić information content (AvgIpc) is 3.15. The van der Waals surface area contributed by atoms with E-state index in [1.54, 1.807) is 0 Å². The zero-order valence-electron chi connectivity index (χ0n) is 32.4. The van der Waals surface area contributed by atoms with E-state index in [2.05, 4.69) is 101 Å². The first-order valence-corrected chi connectivity index (χ1v) is 25.2. The first kappa shape index (κ1) is 38.6. The van der Waals surface area contributed by atoms with Crippen molar-refractivity contribution in [2.75, 3.05) is 5.75 Å². The van der Waals surface area contributed by atoms with Gasteiger partial charge in [-0.3, -0.25) is 4.79 Å². The van der Waals surface area contributed by atoms with Crippen LogP contribution in [0.1, 0.15) is 121 Å². The Bertz CT molecular complexity index is 1200. The standard InChI is InChI=1S/C39H70O4SSi2/c1-26(44-22-16-20-37(8,9)41)34-32(40)25-31-29-18-17-27-23-28(42-45(12,13)35(2,3)4)24-33(43-46(14,15)36(5,6)7)39(27,11)30(29)19-21-38(31,34)10/h17-18,26,28,30-31,33-34,41H,16,19-25H2,1-15H3/t26?,28-,30+,31+,33+,34+,38+,39+/m1/s1. The second kappa shape index (κ2) is 12.9. The first-order valence-electron chi connectivity index (χ1n) is 18.4. The predicted octanol–water partition coefficient (Wildman–Crippen LogP) is 10.7. The smallest absolute Gasteiger partial charge is 0.192 e. The summed E-state index contributed by atoms with van der Waals surface area (Å²) in [6.07, 6.45) is 11.8. The molecule has 0 bridgehead atoms. The van der Waals surface area contributed by atoms with Gasteiger partial charge in [0, 0.05) is 23.0 Å². The number of thioether (sulfide) groups is 1. The van der Waals surface area contributed by atoms with Crippen LogP contribution < -0.4 is 0 Å². The molecule has 46 heavy (non-hydrogen) atoms. The van der Waals surface area contributed by atoms with Gasteiger partial charge >= 0.3 is 0 Å². The number of carbonyl (C=O) groups excluding carboxylic acids is 1. The lowest BCUT2D eigenvalue weighted by Crippen LogP contribution is -2.58. The zero-order chi connectivity index (χ0) is 34.9. The molecule has 0 saturated heterocycles. The summed E-state index contributed by atoms with van der Waals surface area (Å²) < 4.78 is 14.7. The lowest BCUT2D eigenvalue weighted by atomic mass is 9.49. The van der Waals surface area contributed by atoms with Crippen LogP contribution in [0.4, 0.5) is 0 Å². The molecule has 4 aliphatic carbocycles. The van der Waals surface area contributed by atoms with Crippen molar-refractivity contribution in [3.63, 3.8) is 0 Å². The lowest BCUT2D eigenvalue weighted by Gasteiger charge is -2.59. The molecule has 264 valence electrons. The highest BCUT2D eigenvalue weighted by Crippen LogP contribution is 2.66. The fourth-order valence-electron chi connectivity index (χ4n) is 8.90. The van der Waals surface area contributed by atoms with Crippen LogP contribution in [0.2, 0.25) is 36.3 Å². The van der Waals surface area contributed by atoms with Gasteiger partial charge in [0.15, 0.2) is 16.6 Å². The van der Waals surface area contributed by atoms with E-state index in [9.17, 15) is 9.90 Å². The molecule has 0 aliphatic heterocycles. The number of rotatable bonds is 10. The maximum Gasteiger partial charge on any atom is 0.192 e. The molecule has 4 rings (SSSR count). The van der Waals surface area contributed by atoms with Gasteiger partial charge < -0.3 is 14.0 Å². The molecule has 0 spiro atoms. The van der Waals surface area contributed by atoms with Crippen molar-refractivity contribution in [1.82, 2.24) is 0 Å². The number of ketones is 1. The highest BCUT2D eigenvalue weighted by atomic mass is 32.2. The molecule has 3 saturated carbocycles. The molecule has 0 aromatic heterocycles. The van der Waals surface area contributed by atoms with E-state index in [4.69, 9.17) is 8.85 Å². The molecule has 0 radical (unpaired) electrons. The molecule has 1 unspecified atom stereocenters. The van der Waals surface area contributed by atoms with E-state index in [1.807, 2.05) is 25.6 Å². The molecular weight excluding hydrogens is 621 g/mol. The highest BCUT2D eigenvalue weighted by molar-refractivity contribution is 7.99. The van der Waals surface area contributed by atoms with Crippen LogP contribution in [0, 0.1) is 28.6 Å². The summed E-state index contributed by atoms with van der Waals surface area (Å²) in [5.74, 6) is 2.29. The SMILES string of the molecule is CC(SCCCC(C)(C)O)[C@H]1C(=O)C[C@H]2C3=CC=C4C[C@@H](O[Si](C)(C)C(C)(C)C)C[C@H](O[Si](C)(C)C(C)(C)C)[C@]4(C)[C@H]3CC[C@]12C. The van der Waals surface area contributed by atoms with Gasteiger partial charge in [-0.1, -0.05) is 85.6 Å². The Morgan fingerprint density at radius 2 is 1.52 bits per heavy atom. The normalized spacial score (nSPS) is 34.8. The fourth-order valence-corrected chi connectivity index (χ4v) is 13.0. The summed E-state index contributed by atoms with van der Waals surface area (Å²) in [5, 5.41) is 10.8. The fraction of sp³-hybridized carbons (Fsp3) is 0.872. The molecule has 0 aromatic rings. The van der Waals surface area contributed by atoms with Crippen molar-refractivity contribution in [1.29, 1.82) is 0 Å².